The smallest absolute Gasteiger partial charge is 0.182 e. The molecule has 0 radical (unpaired) electrons. The first-order valence-electron chi connectivity index (χ1n) is 9.31. The van der Waals surface area contributed by atoms with Gasteiger partial charge in [-0.25, -0.2) is 0 Å². The Bertz CT molecular complexity index is 776. The highest BCUT2D eigenvalue weighted by atomic mass is 32.3. The number of hydrogen-bond acceptors (Lipinski definition) is 2. The van der Waals surface area contributed by atoms with Crippen molar-refractivity contribution in [1.82, 2.24) is 0 Å². The Labute approximate surface area is 151 Å². The van der Waals surface area contributed by atoms with Crippen LogP contribution in [0.5, 0.6) is 0 Å². The van der Waals surface area contributed by atoms with Gasteiger partial charge in [0.2, 0.25) is 0 Å². The van der Waals surface area contributed by atoms with Crippen LogP contribution in [0, 0.1) is 11.3 Å². The molecule has 140 valence electrons. The summed E-state index contributed by atoms with van der Waals surface area (Å²) in [4.78, 5) is 0. The average molecular weight is 370 g/mol. The van der Waals surface area contributed by atoms with Gasteiger partial charge in [0.25, 0.3) is 0 Å². The largest absolute Gasteiger partial charge is 0.366 e. The molecular weight excluding hydrogens is 340 g/mol. The van der Waals surface area contributed by atoms with Crippen molar-refractivity contribution in [2.24, 2.45) is 15.7 Å². The van der Waals surface area contributed by atoms with E-state index in [9.17, 15) is 12.0 Å². The van der Waals surface area contributed by atoms with Gasteiger partial charge in [-0.2, -0.15) is 8.57 Å². The zero-order valence-corrected chi connectivity index (χ0v) is 16.5. The van der Waals surface area contributed by atoms with Crippen molar-refractivity contribution in [3.05, 3.63) is 34.9 Å². The van der Waals surface area contributed by atoms with Crippen molar-refractivity contribution < 1.29 is 12.0 Å². The normalized spacial score (nSPS) is 32.2. The first-order chi connectivity index (χ1) is 11.6. The molecule has 0 bridgehead atoms. The van der Waals surface area contributed by atoms with Gasteiger partial charge in [-0.15, -0.1) is 0 Å². The van der Waals surface area contributed by atoms with E-state index in [2.05, 4.69) is 50.3 Å². The molecule has 0 amide bonds. The van der Waals surface area contributed by atoms with Gasteiger partial charge in [-0.05, 0) is 65.0 Å². The summed E-state index contributed by atoms with van der Waals surface area (Å²) in [5.74, 6) is 0.810. The third-order valence-electron chi connectivity index (χ3n) is 6.74. The van der Waals surface area contributed by atoms with Crippen LogP contribution in [0.25, 0.3) is 0 Å². The molecule has 0 saturated heterocycles. The summed E-state index contributed by atoms with van der Waals surface area (Å²) in [7, 11) is -5.02. The highest BCUT2D eigenvalue weighted by Gasteiger charge is 2.51. The number of benzene rings is 1. The summed E-state index contributed by atoms with van der Waals surface area (Å²) in [6.45, 7) is 8.78. The van der Waals surface area contributed by atoms with E-state index >= 15 is 0 Å². The molecule has 2 aliphatic rings. The standard InChI is InChI=1S/C20H29F2NOS/c1-14(2)15-6-8-17-16(12-15)7-9-18-19(3,13-23-25(21,22)24)10-5-11-20(17,18)4/h6,8,12,14,18H,5,7,9-11,13H2,1-4H3/t18-,19-,20?/m0/s1. The van der Waals surface area contributed by atoms with E-state index in [4.69, 9.17) is 0 Å². The Hall–Kier alpha value is -0.970. The third-order valence-corrected chi connectivity index (χ3v) is 7.17. The van der Waals surface area contributed by atoms with Gasteiger partial charge in [0.05, 0.1) is 6.54 Å². The van der Waals surface area contributed by atoms with Gasteiger partial charge in [0.15, 0.2) is 0 Å². The number of nitrogens with zero attached hydrogens (tertiary/aromatic N) is 1. The van der Waals surface area contributed by atoms with Crippen molar-refractivity contribution in [1.29, 1.82) is 0 Å². The van der Waals surface area contributed by atoms with Crippen molar-refractivity contribution in [2.45, 2.75) is 71.1 Å². The topological polar surface area (TPSA) is 29.4 Å². The van der Waals surface area contributed by atoms with Gasteiger partial charge < -0.3 is 0 Å². The minimum absolute atomic E-state index is 0.000877. The molecule has 0 heterocycles. The Morgan fingerprint density at radius 2 is 2.00 bits per heavy atom. The van der Waals surface area contributed by atoms with Crippen LogP contribution in [0.15, 0.2) is 22.6 Å². The lowest BCUT2D eigenvalue weighted by Gasteiger charge is -2.55. The van der Waals surface area contributed by atoms with E-state index in [-0.39, 0.29) is 17.4 Å². The van der Waals surface area contributed by atoms with Crippen LogP contribution in [-0.2, 0) is 22.3 Å². The van der Waals surface area contributed by atoms with Crippen LogP contribution in [0.2, 0.25) is 0 Å². The fourth-order valence-corrected chi connectivity index (χ4v) is 5.86. The minimum atomic E-state index is -5.02. The quantitative estimate of drug-likeness (QED) is 0.596. The second-order valence-electron chi connectivity index (χ2n) is 8.77. The molecule has 0 spiro atoms. The van der Waals surface area contributed by atoms with E-state index in [1.165, 1.54) is 16.7 Å². The molecule has 2 nitrogen and oxygen atoms in total. The lowest BCUT2D eigenvalue weighted by atomic mass is 9.50. The van der Waals surface area contributed by atoms with Gasteiger partial charge >= 0.3 is 10.5 Å². The van der Waals surface area contributed by atoms with Gasteiger partial charge in [0.1, 0.15) is 0 Å². The van der Waals surface area contributed by atoms with Gasteiger partial charge in [-0.3, -0.25) is 0 Å². The predicted molar refractivity (Wildman–Crippen MR) is 99.3 cm³/mol. The maximum atomic E-state index is 12.9. The first kappa shape index (κ1) is 18.8. The number of fused-ring (bicyclic) bond motifs is 3. The van der Waals surface area contributed by atoms with Crippen molar-refractivity contribution in [3.8, 4) is 0 Å². The maximum absolute atomic E-state index is 12.9. The average Bonchev–Trinajstić information content (AvgIpc) is 2.52. The molecule has 25 heavy (non-hydrogen) atoms. The van der Waals surface area contributed by atoms with Crippen LogP contribution in [0.4, 0.5) is 7.77 Å². The number of hydrogen-bond donors (Lipinski definition) is 0. The molecule has 1 aromatic carbocycles. The van der Waals surface area contributed by atoms with Crippen LogP contribution in [0.3, 0.4) is 0 Å². The summed E-state index contributed by atoms with van der Waals surface area (Å²) in [6, 6.07) is 6.84. The summed E-state index contributed by atoms with van der Waals surface area (Å²) in [5, 5.41) is 0. The highest BCUT2D eigenvalue weighted by Crippen LogP contribution is 2.57. The lowest BCUT2D eigenvalue weighted by Crippen LogP contribution is -2.50. The van der Waals surface area contributed by atoms with E-state index < -0.39 is 10.5 Å². The maximum Gasteiger partial charge on any atom is 0.366 e. The van der Waals surface area contributed by atoms with E-state index in [1.54, 1.807) is 0 Å². The predicted octanol–water partition coefficient (Wildman–Crippen LogP) is 6.06. The molecule has 2 aliphatic carbocycles. The van der Waals surface area contributed by atoms with Gasteiger partial charge in [0, 0.05) is 0 Å². The molecule has 0 aromatic heterocycles. The fourth-order valence-electron chi connectivity index (χ4n) is 5.41. The Kier molecular flexibility index (Phi) is 4.76. The number of rotatable bonds is 3. The Morgan fingerprint density at radius 1 is 1.28 bits per heavy atom. The molecular formula is C20H29F2NOS. The van der Waals surface area contributed by atoms with Crippen LogP contribution in [-0.4, -0.2) is 10.8 Å². The molecule has 5 heteroatoms. The number of aryl methyl sites for hydroxylation is 1. The Morgan fingerprint density at radius 3 is 2.64 bits per heavy atom. The fraction of sp³-hybridized carbons (Fsp3) is 0.700. The lowest BCUT2D eigenvalue weighted by molar-refractivity contribution is 0.0332. The SMILES string of the molecule is CC(C)c1ccc2c(c1)CC[C@@H]1C2(C)CCC[C@@]1(C)CN=S(=O)(F)F. The molecule has 0 aliphatic heterocycles. The first-order valence-corrected chi connectivity index (χ1v) is 10.6. The zero-order chi connectivity index (χ0) is 18.5. The summed E-state index contributed by atoms with van der Waals surface area (Å²) >= 11 is 0. The van der Waals surface area contributed by atoms with Crippen molar-refractivity contribution in [2.75, 3.05) is 6.54 Å². The minimum Gasteiger partial charge on any atom is -0.182 e. The summed E-state index contributed by atoms with van der Waals surface area (Å²) in [5.41, 5.74) is 3.87. The molecule has 0 N–H and O–H groups in total. The highest BCUT2D eigenvalue weighted by molar-refractivity contribution is 7.83. The molecule has 1 fully saturated rings. The summed E-state index contributed by atoms with van der Waals surface area (Å²) in [6.07, 6.45) is 4.96. The number of halogens is 2. The molecule has 3 rings (SSSR count). The molecule has 3 atom stereocenters. The zero-order valence-electron chi connectivity index (χ0n) is 15.6. The molecule has 1 aromatic rings. The Balaban J connectivity index is 2.00. The second kappa shape index (κ2) is 6.33. The van der Waals surface area contributed by atoms with E-state index in [0.717, 1.165) is 32.1 Å². The van der Waals surface area contributed by atoms with Crippen LogP contribution < -0.4 is 0 Å². The van der Waals surface area contributed by atoms with Crippen LogP contribution >= 0.6 is 0 Å². The van der Waals surface area contributed by atoms with Gasteiger partial charge in [-0.1, -0.05) is 60.1 Å². The molecule has 1 unspecified atom stereocenters. The van der Waals surface area contributed by atoms with E-state index in [1.807, 2.05) is 0 Å². The van der Waals surface area contributed by atoms with E-state index in [0.29, 0.717) is 11.8 Å². The summed E-state index contributed by atoms with van der Waals surface area (Å²) < 4.78 is 39.8. The second-order valence-corrected chi connectivity index (χ2v) is 9.82. The van der Waals surface area contributed by atoms with Crippen molar-refractivity contribution in [3.63, 3.8) is 0 Å². The van der Waals surface area contributed by atoms with Crippen molar-refractivity contribution >= 4 is 10.5 Å². The third kappa shape index (κ3) is 3.49. The monoisotopic (exact) mass is 369 g/mol. The van der Waals surface area contributed by atoms with Crippen LogP contribution in [0.1, 0.15) is 76.0 Å². The molecule has 1 saturated carbocycles.